The Bertz CT molecular complexity index is 749. The van der Waals surface area contributed by atoms with Crippen molar-refractivity contribution in [3.8, 4) is 0 Å². The molecule has 5 nitrogen and oxygen atoms in total. The zero-order valence-corrected chi connectivity index (χ0v) is 14.4. The van der Waals surface area contributed by atoms with Crippen LogP contribution >= 0.6 is 0 Å². The molecule has 25 heavy (non-hydrogen) atoms. The standard InChI is InChI=1S/C18H18FNO4S/c1-24-18(22)16(11-12-25(23)15-5-3-2-4-6-15)20-17(21)13-7-9-14(19)10-8-13/h2-10,16H,11-12H2,1H3,(H,20,21)/t16-,25-/m1/s1. The first-order chi connectivity index (χ1) is 12.0. The molecule has 0 aliphatic carbocycles. The van der Waals surface area contributed by atoms with E-state index in [2.05, 4.69) is 5.32 Å². The molecule has 2 rings (SSSR count). The Kier molecular flexibility index (Phi) is 6.82. The second-order valence-corrected chi connectivity index (χ2v) is 6.78. The summed E-state index contributed by atoms with van der Waals surface area (Å²) in [6, 6.07) is 12.9. The normalized spacial score (nSPS) is 12.9. The highest BCUT2D eigenvalue weighted by Crippen LogP contribution is 2.09. The van der Waals surface area contributed by atoms with Gasteiger partial charge in [-0.25, -0.2) is 9.18 Å². The number of amides is 1. The third-order valence-corrected chi connectivity index (χ3v) is 4.90. The highest BCUT2D eigenvalue weighted by atomic mass is 32.2. The van der Waals surface area contributed by atoms with Crippen molar-refractivity contribution < 1.29 is 22.9 Å². The van der Waals surface area contributed by atoms with E-state index in [0.717, 1.165) is 12.1 Å². The third kappa shape index (κ3) is 5.49. The van der Waals surface area contributed by atoms with Crippen molar-refractivity contribution in [2.75, 3.05) is 12.9 Å². The van der Waals surface area contributed by atoms with E-state index >= 15 is 0 Å². The van der Waals surface area contributed by atoms with Gasteiger partial charge in [0, 0.05) is 16.2 Å². The molecule has 7 heteroatoms. The average Bonchev–Trinajstić information content (AvgIpc) is 2.65. The van der Waals surface area contributed by atoms with Crippen molar-refractivity contribution in [1.82, 2.24) is 5.32 Å². The Hall–Kier alpha value is -2.54. The van der Waals surface area contributed by atoms with Crippen molar-refractivity contribution in [3.63, 3.8) is 0 Å². The van der Waals surface area contributed by atoms with Crippen molar-refractivity contribution in [2.45, 2.75) is 17.4 Å². The lowest BCUT2D eigenvalue weighted by Crippen LogP contribution is -2.42. The highest BCUT2D eigenvalue weighted by molar-refractivity contribution is 7.85. The van der Waals surface area contributed by atoms with Crippen LogP contribution in [0.3, 0.4) is 0 Å². The monoisotopic (exact) mass is 363 g/mol. The minimum Gasteiger partial charge on any atom is -0.467 e. The van der Waals surface area contributed by atoms with E-state index in [9.17, 15) is 18.2 Å². The minimum absolute atomic E-state index is 0.154. The summed E-state index contributed by atoms with van der Waals surface area (Å²) in [4.78, 5) is 24.7. The van der Waals surface area contributed by atoms with Crippen molar-refractivity contribution in [2.24, 2.45) is 0 Å². The van der Waals surface area contributed by atoms with Crippen LogP contribution in [0.25, 0.3) is 0 Å². The third-order valence-electron chi connectivity index (χ3n) is 3.50. The zero-order chi connectivity index (χ0) is 18.2. The van der Waals surface area contributed by atoms with E-state index in [4.69, 9.17) is 4.74 Å². The predicted molar refractivity (Wildman–Crippen MR) is 92.0 cm³/mol. The number of ether oxygens (including phenoxy) is 1. The molecule has 0 saturated carbocycles. The van der Waals surface area contributed by atoms with Gasteiger partial charge in [0.05, 0.1) is 17.9 Å². The van der Waals surface area contributed by atoms with Gasteiger partial charge in [0.25, 0.3) is 5.91 Å². The molecule has 2 aromatic rings. The SMILES string of the molecule is COC(=O)[C@@H](CC[S@@](=O)c1ccccc1)NC(=O)c1ccc(F)cc1. The van der Waals surface area contributed by atoms with Crippen LogP contribution in [0, 0.1) is 5.82 Å². The van der Waals surface area contributed by atoms with Crippen LogP contribution in [0.2, 0.25) is 0 Å². The van der Waals surface area contributed by atoms with Gasteiger partial charge in [-0.3, -0.25) is 9.00 Å². The van der Waals surface area contributed by atoms with Crippen molar-refractivity contribution in [3.05, 3.63) is 66.0 Å². The van der Waals surface area contributed by atoms with Crippen LogP contribution in [0.1, 0.15) is 16.8 Å². The maximum absolute atomic E-state index is 12.9. The number of nitrogens with one attached hydrogen (secondary N) is 1. The summed E-state index contributed by atoms with van der Waals surface area (Å²) in [5.74, 6) is -1.42. The molecule has 2 aromatic carbocycles. The number of rotatable bonds is 7. The second kappa shape index (κ2) is 9.08. The summed E-state index contributed by atoms with van der Waals surface area (Å²) in [6.07, 6.45) is 0.154. The molecule has 0 aliphatic rings. The number of methoxy groups -OCH3 is 1. The number of halogens is 1. The fourth-order valence-corrected chi connectivity index (χ4v) is 3.30. The van der Waals surface area contributed by atoms with Gasteiger partial charge < -0.3 is 10.1 Å². The first-order valence-corrected chi connectivity index (χ1v) is 8.91. The lowest BCUT2D eigenvalue weighted by atomic mass is 10.1. The van der Waals surface area contributed by atoms with Gasteiger partial charge in [-0.05, 0) is 42.8 Å². The molecule has 132 valence electrons. The Morgan fingerprint density at radius 1 is 1.12 bits per heavy atom. The number of esters is 1. The van der Waals surface area contributed by atoms with E-state index < -0.39 is 34.5 Å². The molecular formula is C18H18FNO4S. The van der Waals surface area contributed by atoms with E-state index in [1.165, 1.54) is 19.2 Å². The quantitative estimate of drug-likeness (QED) is 0.766. The van der Waals surface area contributed by atoms with Crippen LogP contribution in [-0.4, -0.2) is 35.0 Å². The van der Waals surface area contributed by atoms with E-state index in [1.807, 2.05) is 6.07 Å². The first kappa shape index (κ1) is 18.8. The van der Waals surface area contributed by atoms with Gasteiger partial charge in [0.2, 0.25) is 0 Å². The predicted octanol–water partition coefficient (Wildman–Crippen LogP) is 2.30. The van der Waals surface area contributed by atoms with Crippen molar-refractivity contribution in [1.29, 1.82) is 0 Å². The summed E-state index contributed by atoms with van der Waals surface area (Å²) in [7, 11) is -0.0778. The van der Waals surface area contributed by atoms with Crippen LogP contribution in [0.15, 0.2) is 59.5 Å². The molecule has 0 aromatic heterocycles. The fraction of sp³-hybridized carbons (Fsp3) is 0.222. The molecule has 1 amide bonds. The lowest BCUT2D eigenvalue weighted by molar-refractivity contribution is -0.142. The second-order valence-electron chi connectivity index (χ2n) is 5.21. The molecule has 1 N–H and O–H groups in total. The molecule has 0 radical (unpaired) electrons. The maximum Gasteiger partial charge on any atom is 0.328 e. The van der Waals surface area contributed by atoms with E-state index in [-0.39, 0.29) is 17.7 Å². The maximum atomic E-state index is 12.9. The molecule has 0 fully saturated rings. The first-order valence-electron chi connectivity index (χ1n) is 7.59. The Morgan fingerprint density at radius 3 is 2.36 bits per heavy atom. The molecule has 0 aliphatic heterocycles. The number of hydrogen-bond acceptors (Lipinski definition) is 4. The van der Waals surface area contributed by atoms with Crippen LogP contribution in [0.5, 0.6) is 0 Å². The molecule has 0 heterocycles. The molecule has 0 bridgehead atoms. The molecular weight excluding hydrogens is 345 g/mol. The van der Waals surface area contributed by atoms with Gasteiger partial charge in [-0.1, -0.05) is 18.2 Å². The summed E-state index contributed by atoms with van der Waals surface area (Å²) < 4.78 is 29.9. The van der Waals surface area contributed by atoms with Gasteiger partial charge in [0.15, 0.2) is 0 Å². The Labute approximate surface area is 147 Å². The Morgan fingerprint density at radius 2 is 1.76 bits per heavy atom. The number of hydrogen-bond donors (Lipinski definition) is 1. The molecule has 0 saturated heterocycles. The smallest absolute Gasteiger partial charge is 0.328 e. The molecule has 0 unspecified atom stereocenters. The highest BCUT2D eigenvalue weighted by Gasteiger charge is 2.23. The summed E-state index contributed by atoms with van der Waals surface area (Å²) in [5, 5.41) is 2.54. The largest absolute Gasteiger partial charge is 0.467 e. The lowest BCUT2D eigenvalue weighted by Gasteiger charge is -2.16. The van der Waals surface area contributed by atoms with Gasteiger partial charge in [0.1, 0.15) is 11.9 Å². The summed E-state index contributed by atoms with van der Waals surface area (Å²) >= 11 is 0. The zero-order valence-electron chi connectivity index (χ0n) is 13.6. The topological polar surface area (TPSA) is 72.5 Å². The number of carbonyl (C=O) groups is 2. The van der Waals surface area contributed by atoms with E-state index in [0.29, 0.717) is 4.90 Å². The molecule has 2 atom stereocenters. The van der Waals surface area contributed by atoms with Crippen molar-refractivity contribution >= 4 is 22.7 Å². The minimum atomic E-state index is -1.29. The summed E-state index contributed by atoms with van der Waals surface area (Å²) in [5.41, 5.74) is 0.222. The van der Waals surface area contributed by atoms with Crippen LogP contribution < -0.4 is 5.32 Å². The van der Waals surface area contributed by atoms with Crippen LogP contribution in [0.4, 0.5) is 4.39 Å². The van der Waals surface area contributed by atoms with Crippen LogP contribution in [-0.2, 0) is 20.3 Å². The average molecular weight is 363 g/mol. The fourth-order valence-electron chi connectivity index (χ4n) is 2.15. The van der Waals surface area contributed by atoms with E-state index in [1.54, 1.807) is 24.3 Å². The van der Waals surface area contributed by atoms with Gasteiger partial charge in [-0.2, -0.15) is 0 Å². The molecule has 0 spiro atoms. The number of carbonyl (C=O) groups excluding carboxylic acids is 2. The Balaban J connectivity index is 2.01. The van der Waals surface area contributed by atoms with Gasteiger partial charge >= 0.3 is 5.97 Å². The summed E-state index contributed by atoms with van der Waals surface area (Å²) in [6.45, 7) is 0. The van der Waals surface area contributed by atoms with Gasteiger partial charge in [-0.15, -0.1) is 0 Å². The number of benzene rings is 2.